The first kappa shape index (κ1) is 9.85. The van der Waals surface area contributed by atoms with E-state index in [0.717, 1.165) is 0 Å². The van der Waals surface area contributed by atoms with Crippen molar-refractivity contribution in [3.05, 3.63) is 41.9 Å². The molecule has 1 aromatic carbocycles. The van der Waals surface area contributed by atoms with Gasteiger partial charge < -0.3 is 14.6 Å². The van der Waals surface area contributed by atoms with Gasteiger partial charge in [-0.3, -0.25) is 0 Å². The second-order valence-electron chi connectivity index (χ2n) is 2.34. The third-order valence-corrected chi connectivity index (χ3v) is 1.43. The van der Waals surface area contributed by atoms with Crippen LogP contribution in [0.4, 0.5) is 0 Å². The molecule has 0 heterocycles. The lowest BCUT2D eigenvalue weighted by atomic mass is 10.2. The Morgan fingerprint density at radius 1 is 1.57 bits per heavy atom. The highest BCUT2D eigenvalue weighted by molar-refractivity contribution is 5.32. The van der Waals surface area contributed by atoms with Crippen molar-refractivity contribution >= 4 is 0 Å². The van der Waals surface area contributed by atoms with Crippen molar-refractivity contribution in [2.75, 3.05) is 7.11 Å². The molecule has 0 saturated heterocycles. The summed E-state index contributed by atoms with van der Waals surface area (Å²) >= 11 is 0. The Morgan fingerprint density at radius 2 is 2.36 bits per heavy atom. The molecule has 70 valence electrons. The van der Waals surface area contributed by atoms with Crippen LogP contribution in [0.1, 0.15) is 5.56 Å². The zero-order chi connectivity index (χ0) is 10.4. The van der Waals surface area contributed by atoms with Crippen LogP contribution in [-0.2, 0) is 4.74 Å². The van der Waals surface area contributed by atoms with Crippen molar-refractivity contribution in [2.45, 2.75) is 0 Å². The van der Waals surface area contributed by atoms with Crippen LogP contribution in [0.5, 0.6) is 5.75 Å². The van der Waals surface area contributed by atoms with Gasteiger partial charge in [0.2, 0.25) is 0 Å². The van der Waals surface area contributed by atoms with Crippen molar-refractivity contribution in [3.63, 3.8) is 0 Å². The summed E-state index contributed by atoms with van der Waals surface area (Å²) in [7, 11) is 1.27. The molecule has 4 heteroatoms. The molecule has 0 amide bonds. The van der Waals surface area contributed by atoms with Gasteiger partial charge in [-0.2, -0.15) is 0 Å². The first-order chi connectivity index (χ1) is 6.76. The molecule has 0 saturated carbocycles. The molecule has 0 N–H and O–H groups in total. The van der Waals surface area contributed by atoms with Crippen LogP contribution in [0.15, 0.2) is 30.2 Å². The molecule has 0 aliphatic heterocycles. The van der Waals surface area contributed by atoms with E-state index in [1.165, 1.54) is 19.4 Å². The quantitative estimate of drug-likeness (QED) is 0.395. The highest BCUT2D eigenvalue weighted by Crippen LogP contribution is 2.13. The molecule has 0 fully saturated rings. The van der Waals surface area contributed by atoms with E-state index in [9.17, 15) is 5.11 Å². The van der Waals surface area contributed by atoms with Crippen LogP contribution in [0.2, 0.25) is 0 Å². The molecule has 14 heavy (non-hydrogen) atoms. The van der Waals surface area contributed by atoms with Gasteiger partial charge in [-0.25, -0.2) is 0 Å². The Bertz CT molecular complexity index is 379. The molecule has 0 aliphatic rings. The topological polar surface area (TPSA) is 65.3 Å². The Morgan fingerprint density at radius 3 is 3.00 bits per heavy atom. The first-order valence-electron chi connectivity index (χ1n) is 3.77. The van der Waals surface area contributed by atoms with Crippen molar-refractivity contribution in [3.8, 4) is 12.0 Å². The Hall–Kier alpha value is -2.24. The highest BCUT2D eigenvalue weighted by Gasteiger charge is 2.03. The summed E-state index contributed by atoms with van der Waals surface area (Å²) in [6, 6.07) is 6.42. The van der Waals surface area contributed by atoms with Crippen LogP contribution in [0.3, 0.4) is 0 Å². The third-order valence-electron chi connectivity index (χ3n) is 1.43. The fourth-order valence-corrected chi connectivity index (χ4v) is 0.859. The summed E-state index contributed by atoms with van der Waals surface area (Å²) in [5, 5.41) is 19.1. The van der Waals surface area contributed by atoms with Gasteiger partial charge in [0.25, 0.3) is 6.26 Å². The van der Waals surface area contributed by atoms with E-state index in [1.807, 2.05) is 0 Å². The summed E-state index contributed by atoms with van der Waals surface area (Å²) < 4.78 is 8.97. The highest BCUT2D eigenvalue weighted by atomic mass is 16.6. The van der Waals surface area contributed by atoms with Gasteiger partial charge in [0.1, 0.15) is 6.07 Å². The average Bonchev–Trinajstić information content (AvgIpc) is 2.19. The number of nitriles is 1. The van der Waals surface area contributed by atoms with Crippen molar-refractivity contribution in [1.29, 1.82) is 5.26 Å². The molecule has 0 radical (unpaired) electrons. The second kappa shape index (κ2) is 4.70. The standard InChI is InChI=1S/C10H7NO3/c1-13-10(12)6-8-3-2-4-9(5-8)14-7-11/h2-5H,1H3. The maximum atomic E-state index is 10.8. The van der Waals surface area contributed by atoms with Crippen molar-refractivity contribution in [2.24, 2.45) is 0 Å². The zero-order valence-electron chi connectivity index (χ0n) is 7.48. The maximum absolute atomic E-state index is 10.8. The number of hydrogen-bond acceptors (Lipinski definition) is 4. The van der Waals surface area contributed by atoms with E-state index < -0.39 is 5.95 Å². The van der Waals surface area contributed by atoms with Gasteiger partial charge in [0.05, 0.1) is 12.1 Å². The predicted octanol–water partition coefficient (Wildman–Crippen LogP) is 0.546. The van der Waals surface area contributed by atoms with Crippen LogP contribution >= 0.6 is 0 Å². The van der Waals surface area contributed by atoms with Crippen LogP contribution in [0.25, 0.3) is 0 Å². The van der Waals surface area contributed by atoms with Gasteiger partial charge >= 0.3 is 0 Å². The maximum Gasteiger partial charge on any atom is 0.293 e. The van der Waals surface area contributed by atoms with Crippen LogP contribution in [0, 0.1) is 17.6 Å². The van der Waals surface area contributed by atoms with Crippen LogP contribution < -0.4 is 9.84 Å². The van der Waals surface area contributed by atoms with Crippen molar-refractivity contribution in [1.82, 2.24) is 0 Å². The molecule has 0 aromatic heterocycles. The van der Waals surface area contributed by atoms with Crippen LogP contribution in [-0.4, -0.2) is 7.11 Å². The first-order valence-corrected chi connectivity index (χ1v) is 3.77. The molecule has 1 rings (SSSR count). The molecule has 0 unspecified atom stereocenters. The molecule has 0 atom stereocenters. The van der Waals surface area contributed by atoms with Gasteiger partial charge in [-0.15, -0.1) is 5.26 Å². The van der Waals surface area contributed by atoms with Gasteiger partial charge in [-0.05, 0) is 7.11 Å². The van der Waals surface area contributed by atoms with Crippen molar-refractivity contribution < 1.29 is 14.6 Å². The number of benzene rings is 1. The Balaban J connectivity index is 2.89. The molecule has 0 bridgehead atoms. The molecule has 0 aliphatic carbocycles. The van der Waals surface area contributed by atoms with E-state index in [1.54, 1.807) is 18.2 Å². The molecule has 1 aromatic rings. The van der Waals surface area contributed by atoms with Gasteiger partial charge in [-0.1, -0.05) is 0 Å². The molecule has 4 nitrogen and oxygen atoms in total. The summed E-state index contributed by atoms with van der Waals surface area (Å²) in [4.78, 5) is 0. The Kier molecular flexibility index (Phi) is 3.31. The lowest BCUT2D eigenvalue weighted by Crippen LogP contribution is -2.05. The van der Waals surface area contributed by atoms with E-state index in [-0.39, 0.29) is 0 Å². The largest absolute Gasteiger partial charge is 0.601 e. The summed E-state index contributed by atoms with van der Waals surface area (Å²) in [6.45, 7) is 0. The minimum atomic E-state index is -0.570. The summed E-state index contributed by atoms with van der Waals surface area (Å²) in [6.07, 6.45) is 3.97. The summed E-state index contributed by atoms with van der Waals surface area (Å²) in [5.41, 5.74) is 0.504. The normalized spacial score (nSPS) is 9.86. The fourth-order valence-electron chi connectivity index (χ4n) is 0.859. The number of nitrogens with zero attached hydrogens (tertiary/aromatic N) is 1. The number of hydrogen-bond donors (Lipinski definition) is 0. The van der Waals surface area contributed by atoms with Gasteiger partial charge in [0, 0.05) is 12.1 Å². The van der Waals surface area contributed by atoms with E-state index >= 15 is 0 Å². The van der Waals surface area contributed by atoms with E-state index in [0.29, 0.717) is 11.3 Å². The summed E-state index contributed by atoms with van der Waals surface area (Å²) in [5.74, 6) is -0.208. The third kappa shape index (κ3) is 2.67. The number of rotatable bonds is 3. The minimum Gasteiger partial charge on any atom is -0.601 e. The number of ether oxygens (including phenoxy) is 2. The zero-order valence-corrected chi connectivity index (χ0v) is 7.48. The predicted molar refractivity (Wildman–Crippen MR) is 45.6 cm³/mol. The lowest BCUT2D eigenvalue weighted by molar-refractivity contribution is -0.354. The monoisotopic (exact) mass is 189 g/mol. The van der Waals surface area contributed by atoms with E-state index in [4.69, 9.17) is 5.26 Å². The molecule has 0 spiro atoms. The molecular weight excluding hydrogens is 182 g/mol. The lowest BCUT2D eigenvalue weighted by Gasteiger charge is -2.00. The SMILES string of the molecule is COC([O-])=[C+]c1cccc(OC#N)c1. The Labute approximate surface area is 81.6 Å². The van der Waals surface area contributed by atoms with Gasteiger partial charge in [0.15, 0.2) is 17.3 Å². The fraction of sp³-hybridized carbons (Fsp3) is 0.100. The smallest absolute Gasteiger partial charge is 0.293 e. The minimum absolute atomic E-state index is 0.362. The van der Waals surface area contributed by atoms with E-state index in [2.05, 4.69) is 15.5 Å². The number of methoxy groups -OCH3 is 1. The molecular formula is C10H7NO3. The second-order valence-corrected chi connectivity index (χ2v) is 2.34. The average molecular weight is 189 g/mol.